The van der Waals surface area contributed by atoms with Gasteiger partial charge in [-0.2, -0.15) is 13.2 Å². The van der Waals surface area contributed by atoms with Crippen molar-refractivity contribution in [3.05, 3.63) is 64.7 Å². The molecule has 0 aromatic heterocycles. The number of likely N-dealkylation sites (tertiary alicyclic amines) is 1. The topological polar surface area (TPSA) is 69.6 Å². The minimum absolute atomic E-state index is 0.0163. The molecular formula is C20H19F3N2O3. The molecule has 2 N–H and O–H groups in total. The van der Waals surface area contributed by atoms with Crippen molar-refractivity contribution in [2.45, 2.75) is 25.4 Å². The van der Waals surface area contributed by atoms with Crippen molar-refractivity contribution < 1.29 is 27.9 Å². The van der Waals surface area contributed by atoms with Crippen LogP contribution in [0.25, 0.3) is 0 Å². The van der Waals surface area contributed by atoms with Crippen molar-refractivity contribution in [2.24, 2.45) is 0 Å². The van der Waals surface area contributed by atoms with E-state index in [0.29, 0.717) is 25.1 Å². The number of rotatable bonds is 3. The molecule has 1 fully saturated rings. The molecule has 1 saturated heterocycles. The fourth-order valence-electron chi connectivity index (χ4n) is 3.39. The number of halogens is 3. The normalized spacial score (nSPS) is 16.9. The summed E-state index contributed by atoms with van der Waals surface area (Å²) in [4.78, 5) is 25.0. The van der Waals surface area contributed by atoms with E-state index in [2.05, 4.69) is 5.32 Å². The summed E-state index contributed by atoms with van der Waals surface area (Å²) in [5.41, 5.74) is 1.34. The summed E-state index contributed by atoms with van der Waals surface area (Å²) >= 11 is 0. The van der Waals surface area contributed by atoms with Crippen molar-refractivity contribution in [3.63, 3.8) is 0 Å². The van der Waals surface area contributed by atoms with Crippen LogP contribution in [0.5, 0.6) is 0 Å². The third kappa shape index (κ3) is 4.27. The van der Waals surface area contributed by atoms with Gasteiger partial charge in [-0.1, -0.05) is 12.1 Å². The Morgan fingerprint density at radius 3 is 2.57 bits per heavy atom. The van der Waals surface area contributed by atoms with E-state index in [1.807, 2.05) is 6.92 Å². The summed E-state index contributed by atoms with van der Waals surface area (Å²) < 4.78 is 38.5. The van der Waals surface area contributed by atoms with E-state index in [4.69, 9.17) is 5.11 Å². The quantitative estimate of drug-likeness (QED) is 0.793. The first-order valence-corrected chi connectivity index (χ1v) is 8.72. The summed E-state index contributed by atoms with van der Waals surface area (Å²) in [5.74, 6) is -0.536. The number of alkyl halides is 3. The summed E-state index contributed by atoms with van der Waals surface area (Å²) in [6.45, 7) is 2.67. The van der Waals surface area contributed by atoms with Gasteiger partial charge in [-0.05, 0) is 54.8 Å². The van der Waals surface area contributed by atoms with Crippen LogP contribution in [0, 0.1) is 6.92 Å². The Bertz CT molecular complexity index is 912. The molecule has 0 unspecified atom stereocenters. The molecule has 0 aliphatic carbocycles. The number of carbonyl (C=O) groups is 2. The predicted molar refractivity (Wildman–Crippen MR) is 97.5 cm³/mol. The lowest BCUT2D eigenvalue weighted by Crippen LogP contribution is -2.26. The van der Waals surface area contributed by atoms with Crippen molar-refractivity contribution in [1.29, 1.82) is 0 Å². The minimum Gasteiger partial charge on any atom is -0.465 e. The third-order valence-corrected chi connectivity index (χ3v) is 4.89. The second-order valence-corrected chi connectivity index (χ2v) is 6.82. The van der Waals surface area contributed by atoms with Gasteiger partial charge in [-0.3, -0.25) is 4.79 Å². The number of anilines is 1. The molecule has 0 spiro atoms. The standard InChI is InChI=1S/C20H19F3N2O3/c1-12-5-6-13(9-17(12)14-7-8-25(11-14)19(27)28)18(26)24-16-4-2-3-15(10-16)20(21,22)23/h2-6,9-10,14H,7-8,11H2,1H3,(H,24,26)(H,27,28)/t14-/m0/s1. The fraction of sp³-hybridized carbons (Fsp3) is 0.300. The fourth-order valence-corrected chi connectivity index (χ4v) is 3.39. The second-order valence-electron chi connectivity index (χ2n) is 6.82. The maximum Gasteiger partial charge on any atom is 0.416 e. The molecule has 5 nitrogen and oxygen atoms in total. The molecule has 2 aromatic rings. The van der Waals surface area contributed by atoms with Gasteiger partial charge in [0.1, 0.15) is 0 Å². The Hall–Kier alpha value is -3.03. The minimum atomic E-state index is -4.49. The van der Waals surface area contributed by atoms with Gasteiger partial charge < -0.3 is 15.3 Å². The van der Waals surface area contributed by atoms with E-state index in [-0.39, 0.29) is 11.6 Å². The zero-order chi connectivity index (χ0) is 20.5. The third-order valence-electron chi connectivity index (χ3n) is 4.89. The number of carboxylic acid groups (broad SMARTS) is 1. The van der Waals surface area contributed by atoms with Crippen LogP contribution >= 0.6 is 0 Å². The first-order chi connectivity index (χ1) is 13.1. The van der Waals surface area contributed by atoms with Crippen LogP contribution in [-0.2, 0) is 6.18 Å². The summed E-state index contributed by atoms with van der Waals surface area (Å²) in [6.07, 6.45) is -4.80. The highest BCUT2D eigenvalue weighted by molar-refractivity contribution is 6.04. The molecule has 28 heavy (non-hydrogen) atoms. The molecule has 2 amide bonds. The number of carbonyl (C=O) groups excluding carboxylic acids is 1. The average molecular weight is 392 g/mol. The lowest BCUT2D eigenvalue weighted by atomic mass is 9.92. The van der Waals surface area contributed by atoms with Crippen molar-refractivity contribution in [1.82, 2.24) is 4.90 Å². The number of amides is 2. The Labute approximate surface area is 159 Å². The molecule has 1 aliphatic rings. The first kappa shape index (κ1) is 19.7. The Balaban J connectivity index is 1.79. The Kier molecular flexibility index (Phi) is 5.31. The number of aryl methyl sites for hydroxylation is 1. The van der Waals surface area contributed by atoms with E-state index in [0.717, 1.165) is 23.3 Å². The van der Waals surface area contributed by atoms with Gasteiger partial charge in [-0.15, -0.1) is 0 Å². The number of benzene rings is 2. The van der Waals surface area contributed by atoms with Crippen molar-refractivity contribution in [2.75, 3.05) is 18.4 Å². The predicted octanol–water partition coefficient (Wildman–Crippen LogP) is 4.73. The molecule has 1 atom stereocenters. The maximum absolute atomic E-state index is 12.8. The van der Waals surface area contributed by atoms with Crippen LogP contribution in [0.4, 0.5) is 23.7 Å². The Morgan fingerprint density at radius 2 is 1.93 bits per heavy atom. The number of nitrogens with one attached hydrogen (secondary N) is 1. The van der Waals surface area contributed by atoms with E-state index in [1.54, 1.807) is 18.2 Å². The lowest BCUT2D eigenvalue weighted by Gasteiger charge is -2.16. The molecule has 0 radical (unpaired) electrons. The van der Waals surface area contributed by atoms with E-state index in [1.165, 1.54) is 17.0 Å². The first-order valence-electron chi connectivity index (χ1n) is 8.72. The molecule has 1 aliphatic heterocycles. The smallest absolute Gasteiger partial charge is 0.416 e. The highest BCUT2D eigenvalue weighted by Crippen LogP contribution is 2.32. The number of hydrogen-bond donors (Lipinski definition) is 2. The van der Waals surface area contributed by atoms with Crippen LogP contribution in [0.3, 0.4) is 0 Å². The van der Waals surface area contributed by atoms with Crippen LogP contribution in [0.2, 0.25) is 0 Å². The summed E-state index contributed by atoms with van der Waals surface area (Å²) in [6, 6.07) is 9.50. The van der Waals surface area contributed by atoms with Crippen LogP contribution < -0.4 is 5.32 Å². The average Bonchev–Trinajstić information content (AvgIpc) is 3.12. The molecule has 0 saturated carbocycles. The summed E-state index contributed by atoms with van der Waals surface area (Å²) in [7, 11) is 0. The van der Waals surface area contributed by atoms with E-state index in [9.17, 15) is 22.8 Å². The lowest BCUT2D eigenvalue weighted by molar-refractivity contribution is -0.137. The van der Waals surface area contributed by atoms with E-state index >= 15 is 0 Å². The van der Waals surface area contributed by atoms with Crippen LogP contribution in [0.1, 0.15) is 39.4 Å². The van der Waals surface area contributed by atoms with Crippen molar-refractivity contribution in [3.8, 4) is 0 Å². The highest BCUT2D eigenvalue weighted by atomic mass is 19.4. The molecule has 2 aromatic carbocycles. The Morgan fingerprint density at radius 1 is 1.18 bits per heavy atom. The van der Waals surface area contributed by atoms with Crippen molar-refractivity contribution >= 4 is 17.7 Å². The second kappa shape index (κ2) is 7.53. The van der Waals surface area contributed by atoms with Crippen LogP contribution in [0.15, 0.2) is 42.5 Å². The zero-order valence-corrected chi connectivity index (χ0v) is 15.1. The maximum atomic E-state index is 12.8. The van der Waals surface area contributed by atoms with Crippen LogP contribution in [-0.4, -0.2) is 35.1 Å². The van der Waals surface area contributed by atoms with Gasteiger partial charge in [0, 0.05) is 30.3 Å². The van der Waals surface area contributed by atoms with Gasteiger partial charge >= 0.3 is 12.3 Å². The molecule has 8 heteroatoms. The molecule has 3 rings (SSSR count). The number of hydrogen-bond acceptors (Lipinski definition) is 2. The monoisotopic (exact) mass is 392 g/mol. The van der Waals surface area contributed by atoms with Gasteiger partial charge in [0.15, 0.2) is 0 Å². The van der Waals surface area contributed by atoms with Gasteiger partial charge in [-0.25, -0.2) is 4.79 Å². The molecular weight excluding hydrogens is 373 g/mol. The summed E-state index contributed by atoms with van der Waals surface area (Å²) in [5, 5.41) is 11.6. The molecule has 1 heterocycles. The van der Waals surface area contributed by atoms with Gasteiger partial charge in [0.2, 0.25) is 0 Å². The van der Waals surface area contributed by atoms with Gasteiger partial charge in [0.25, 0.3) is 5.91 Å². The van der Waals surface area contributed by atoms with E-state index < -0.39 is 23.7 Å². The largest absolute Gasteiger partial charge is 0.465 e. The molecule has 0 bridgehead atoms. The highest BCUT2D eigenvalue weighted by Gasteiger charge is 2.31. The number of nitrogens with zero attached hydrogens (tertiary/aromatic N) is 1. The SMILES string of the molecule is Cc1ccc(C(=O)Nc2cccc(C(F)(F)F)c2)cc1[C@H]1CCN(C(=O)O)C1. The molecule has 148 valence electrons. The zero-order valence-electron chi connectivity index (χ0n) is 15.1. The van der Waals surface area contributed by atoms with Gasteiger partial charge in [0.05, 0.1) is 5.56 Å².